The Bertz CT molecular complexity index is 949. The minimum Gasteiger partial charge on any atom is -0.404 e. The monoisotopic (exact) mass is 464 g/mol. The van der Waals surface area contributed by atoms with E-state index >= 15 is 0 Å². The summed E-state index contributed by atoms with van der Waals surface area (Å²) < 4.78 is 69.7. The lowest BCUT2D eigenvalue weighted by molar-refractivity contribution is -0.275. The lowest BCUT2D eigenvalue weighted by Crippen LogP contribution is -2.21. The van der Waals surface area contributed by atoms with Gasteiger partial charge in [0.25, 0.3) is 10.0 Å². The predicted molar refractivity (Wildman–Crippen MR) is 98.4 cm³/mol. The van der Waals surface area contributed by atoms with Crippen molar-refractivity contribution < 1.29 is 26.3 Å². The molecule has 5 nitrogen and oxygen atoms in total. The Morgan fingerprint density at radius 1 is 1.04 bits per heavy atom. The lowest BCUT2D eigenvalue weighted by Gasteiger charge is -2.16. The summed E-state index contributed by atoms with van der Waals surface area (Å²) in [5, 5.41) is 3.26. The smallest absolute Gasteiger partial charge is 0.404 e. The first-order chi connectivity index (χ1) is 12.6. The average molecular weight is 465 g/mol. The van der Waals surface area contributed by atoms with Gasteiger partial charge in [-0.3, -0.25) is 4.72 Å². The van der Waals surface area contributed by atoms with Gasteiger partial charge in [-0.25, -0.2) is 8.42 Å². The van der Waals surface area contributed by atoms with Crippen molar-refractivity contribution in [3.05, 3.63) is 52.0 Å². The van der Waals surface area contributed by atoms with Crippen molar-refractivity contribution in [3.8, 4) is 5.75 Å². The maximum atomic E-state index is 12.7. The topological polar surface area (TPSA) is 67.4 Å². The van der Waals surface area contributed by atoms with E-state index in [1.54, 1.807) is 12.1 Å². The number of fused-ring (bicyclic) bond motifs is 1. The molecule has 2 N–H and O–H groups in total. The molecule has 2 aromatic carbocycles. The fraction of sp³-hybridized carbons (Fsp3) is 0.294. The Labute approximate surface area is 163 Å². The molecule has 146 valence electrons. The van der Waals surface area contributed by atoms with Gasteiger partial charge in [-0.05, 0) is 67.4 Å². The number of sulfonamides is 1. The number of rotatable bonds is 4. The molecule has 3 rings (SSSR count). The van der Waals surface area contributed by atoms with Crippen LogP contribution in [0.5, 0.6) is 5.75 Å². The standard InChI is InChI=1S/C17H16BrF3N2O3S/c18-13-2-4-16(15(10-13)26-17(19,20)21)27(24,25)23-14-3-1-11-5-7-22-8-6-12(11)9-14/h1-4,9-10,22-23H,5-8H2. The van der Waals surface area contributed by atoms with Gasteiger partial charge in [-0.1, -0.05) is 22.0 Å². The van der Waals surface area contributed by atoms with Crippen LogP contribution in [-0.4, -0.2) is 27.9 Å². The molecule has 0 fully saturated rings. The van der Waals surface area contributed by atoms with Gasteiger partial charge in [-0.2, -0.15) is 0 Å². The van der Waals surface area contributed by atoms with Crippen molar-refractivity contribution in [2.45, 2.75) is 24.1 Å². The van der Waals surface area contributed by atoms with E-state index < -0.39 is 27.0 Å². The molecule has 0 radical (unpaired) electrons. The second kappa shape index (κ2) is 7.69. The molecule has 0 unspecified atom stereocenters. The molecule has 1 aliphatic heterocycles. The number of ether oxygens (including phenoxy) is 1. The average Bonchev–Trinajstić information content (AvgIpc) is 2.77. The summed E-state index contributed by atoms with van der Waals surface area (Å²) in [4.78, 5) is -0.598. The zero-order valence-corrected chi connectivity index (χ0v) is 16.3. The molecule has 0 aromatic heterocycles. The number of nitrogens with one attached hydrogen (secondary N) is 2. The van der Waals surface area contributed by atoms with Crippen LogP contribution in [0, 0.1) is 0 Å². The summed E-state index contributed by atoms with van der Waals surface area (Å²) >= 11 is 3.02. The van der Waals surface area contributed by atoms with E-state index in [9.17, 15) is 21.6 Å². The number of benzene rings is 2. The van der Waals surface area contributed by atoms with Crippen molar-refractivity contribution in [2.75, 3.05) is 17.8 Å². The zero-order chi connectivity index (χ0) is 19.7. The molecular formula is C17H16BrF3N2O3S. The van der Waals surface area contributed by atoms with E-state index in [0.717, 1.165) is 49.2 Å². The summed E-state index contributed by atoms with van der Waals surface area (Å²) in [7, 11) is -4.28. The van der Waals surface area contributed by atoms with Crippen molar-refractivity contribution in [1.82, 2.24) is 5.32 Å². The Kier molecular flexibility index (Phi) is 5.68. The quantitative estimate of drug-likeness (QED) is 0.721. The molecule has 0 amide bonds. The summed E-state index contributed by atoms with van der Waals surface area (Å²) in [6, 6.07) is 8.49. The molecule has 0 saturated heterocycles. The number of alkyl halides is 3. The van der Waals surface area contributed by atoms with Crippen LogP contribution in [0.3, 0.4) is 0 Å². The van der Waals surface area contributed by atoms with Gasteiger partial charge in [-0.15, -0.1) is 13.2 Å². The van der Waals surface area contributed by atoms with Crippen molar-refractivity contribution in [3.63, 3.8) is 0 Å². The molecule has 0 atom stereocenters. The minimum absolute atomic E-state index is 0.262. The van der Waals surface area contributed by atoms with E-state index in [1.165, 1.54) is 6.07 Å². The van der Waals surface area contributed by atoms with E-state index in [4.69, 9.17) is 0 Å². The molecule has 27 heavy (non-hydrogen) atoms. The molecule has 0 saturated carbocycles. The highest BCUT2D eigenvalue weighted by Crippen LogP contribution is 2.33. The molecule has 2 aromatic rings. The van der Waals surface area contributed by atoms with Gasteiger partial charge in [0, 0.05) is 10.2 Å². The first-order valence-corrected chi connectivity index (χ1v) is 10.3. The molecule has 10 heteroatoms. The van der Waals surface area contributed by atoms with Crippen LogP contribution in [-0.2, 0) is 22.9 Å². The molecular weight excluding hydrogens is 449 g/mol. The summed E-state index contributed by atoms with van der Waals surface area (Å²) in [6.45, 7) is 1.62. The van der Waals surface area contributed by atoms with E-state index in [2.05, 4.69) is 30.7 Å². The van der Waals surface area contributed by atoms with E-state index in [-0.39, 0.29) is 10.2 Å². The zero-order valence-electron chi connectivity index (χ0n) is 13.9. The van der Waals surface area contributed by atoms with Gasteiger partial charge in [0.15, 0.2) is 5.75 Å². The van der Waals surface area contributed by atoms with Gasteiger partial charge >= 0.3 is 6.36 Å². The predicted octanol–water partition coefficient (Wildman–Crippen LogP) is 3.84. The molecule has 0 aliphatic carbocycles. The lowest BCUT2D eigenvalue weighted by atomic mass is 10.0. The molecule has 0 spiro atoms. The summed E-state index contributed by atoms with van der Waals surface area (Å²) in [6.07, 6.45) is -3.44. The van der Waals surface area contributed by atoms with Crippen LogP contribution < -0.4 is 14.8 Å². The second-order valence-corrected chi connectivity index (χ2v) is 8.54. The fourth-order valence-corrected chi connectivity index (χ4v) is 4.36. The fourth-order valence-electron chi connectivity index (χ4n) is 2.86. The van der Waals surface area contributed by atoms with Gasteiger partial charge < -0.3 is 10.1 Å². The maximum Gasteiger partial charge on any atom is 0.573 e. The first kappa shape index (κ1) is 20.0. The van der Waals surface area contributed by atoms with Crippen molar-refractivity contribution in [2.24, 2.45) is 0 Å². The Balaban J connectivity index is 1.92. The van der Waals surface area contributed by atoms with Crippen molar-refractivity contribution >= 4 is 31.6 Å². The maximum absolute atomic E-state index is 12.7. The molecule has 1 aliphatic rings. The van der Waals surface area contributed by atoms with Crippen LogP contribution in [0.1, 0.15) is 11.1 Å². The van der Waals surface area contributed by atoms with Crippen LogP contribution in [0.2, 0.25) is 0 Å². The van der Waals surface area contributed by atoms with Crippen LogP contribution in [0.15, 0.2) is 45.8 Å². The summed E-state index contributed by atoms with van der Waals surface area (Å²) in [5.74, 6) is -0.802. The highest BCUT2D eigenvalue weighted by molar-refractivity contribution is 9.10. The van der Waals surface area contributed by atoms with Crippen LogP contribution in [0.4, 0.5) is 18.9 Å². The van der Waals surface area contributed by atoms with Gasteiger partial charge in [0.1, 0.15) is 4.90 Å². The van der Waals surface area contributed by atoms with Crippen molar-refractivity contribution in [1.29, 1.82) is 0 Å². The third kappa shape index (κ3) is 5.14. The van der Waals surface area contributed by atoms with Gasteiger partial charge in [0.2, 0.25) is 0 Å². The minimum atomic E-state index is -5.01. The summed E-state index contributed by atoms with van der Waals surface area (Å²) in [5.41, 5.74) is 2.41. The van der Waals surface area contributed by atoms with Gasteiger partial charge in [0.05, 0.1) is 0 Å². The Morgan fingerprint density at radius 2 is 1.74 bits per heavy atom. The number of anilines is 1. The number of hydrogen-bond donors (Lipinski definition) is 2. The van der Waals surface area contributed by atoms with E-state index in [0.29, 0.717) is 0 Å². The van der Waals surface area contributed by atoms with E-state index in [1.807, 2.05) is 6.07 Å². The number of hydrogen-bond acceptors (Lipinski definition) is 4. The Hall–Kier alpha value is -1.78. The largest absolute Gasteiger partial charge is 0.573 e. The third-order valence-corrected chi connectivity index (χ3v) is 5.94. The Morgan fingerprint density at radius 3 is 2.44 bits per heavy atom. The first-order valence-electron chi connectivity index (χ1n) is 8.05. The number of halogens is 4. The molecule has 1 heterocycles. The molecule has 0 bridgehead atoms. The highest BCUT2D eigenvalue weighted by atomic mass is 79.9. The normalized spacial score (nSPS) is 15.0. The highest BCUT2D eigenvalue weighted by Gasteiger charge is 2.34. The van der Waals surface area contributed by atoms with Crippen LogP contribution in [0.25, 0.3) is 0 Å². The second-order valence-electron chi connectivity index (χ2n) is 5.98. The van der Waals surface area contributed by atoms with Crippen LogP contribution >= 0.6 is 15.9 Å². The third-order valence-electron chi connectivity index (χ3n) is 4.02. The SMILES string of the molecule is O=S(=O)(Nc1ccc2c(c1)CCNCC2)c1ccc(Br)cc1OC(F)(F)F.